The van der Waals surface area contributed by atoms with Gasteiger partial charge in [0, 0.05) is 22.3 Å². The fraction of sp³-hybridized carbons (Fsp3) is 0. The zero-order valence-corrected chi connectivity index (χ0v) is 19.8. The first-order valence-electron chi connectivity index (χ1n) is 9.43. The fourth-order valence-electron chi connectivity index (χ4n) is 3.12. The van der Waals surface area contributed by atoms with Crippen LogP contribution in [0, 0.1) is 0 Å². The first-order valence-corrected chi connectivity index (χ1v) is 11.8. The van der Waals surface area contributed by atoms with Gasteiger partial charge in [0.25, 0.3) is 0 Å². The summed E-state index contributed by atoms with van der Waals surface area (Å²) in [6.45, 7) is 0. The Hall–Kier alpha value is -2.89. The maximum atomic E-state index is 11.1. The van der Waals surface area contributed by atoms with E-state index >= 15 is 0 Å². The third-order valence-corrected chi connectivity index (χ3v) is 6.16. The van der Waals surface area contributed by atoms with Crippen LogP contribution in [0.4, 0.5) is 0 Å². The molecule has 2 N–H and O–H groups in total. The van der Waals surface area contributed by atoms with Crippen molar-refractivity contribution in [2.24, 2.45) is 0 Å². The van der Waals surface area contributed by atoms with Gasteiger partial charge in [-0.25, -0.2) is 0 Å². The fourth-order valence-corrected chi connectivity index (χ4v) is 4.32. The summed E-state index contributed by atoms with van der Waals surface area (Å²) in [6.07, 6.45) is 0. The number of phenolic OH excluding ortho intramolecular Hbond substituents is 2. The average Bonchev–Trinajstić information content (AvgIpc) is 2.80. The zero-order chi connectivity index (χ0) is 23.1. The van der Waals surface area contributed by atoms with Gasteiger partial charge in [-0.3, -0.25) is 0 Å². The molecular weight excluding hydrogens is 505 g/mol. The normalized spacial score (nSPS) is 10.8. The van der Waals surface area contributed by atoms with Crippen LogP contribution in [0.25, 0.3) is 22.3 Å². The Balaban J connectivity index is 0.000000227. The molecule has 1 radical (unpaired) electrons. The van der Waals surface area contributed by atoms with Gasteiger partial charge in [-0.05, 0) is 36.4 Å². The smallest absolute Gasteiger partial charge is 0.591 e. The Morgan fingerprint density at radius 2 is 0.758 bits per heavy atom. The van der Waals surface area contributed by atoms with E-state index in [0.29, 0.717) is 22.3 Å². The number of phenols is 2. The van der Waals surface area contributed by atoms with Gasteiger partial charge in [-0.2, -0.15) is 0 Å². The molecule has 33 heavy (non-hydrogen) atoms. The first-order chi connectivity index (χ1) is 15.4. The minimum Gasteiger partial charge on any atom is -0.591 e. The van der Waals surface area contributed by atoms with Gasteiger partial charge in [0.2, 0.25) is 0 Å². The van der Waals surface area contributed by atoms with E-state index in [-0.39, 0.29) is 38.9 Å². The van der Waals surface area contributed by atoms with Crippen LogP contribution in [0.3, 0.4) is 0 Å². The summed E-state index contributed by atoms with van der Waals surface area (Å²) in [5, 5.41) is 19.8. The van der Waals surface area contributed by atoms with Crippen LogP contribution in [0.2, 0.25) is 0 Å². The number of rotatable bonds is 4. The van der Waals surface area contributed by atoms with Crippen LogP contribution in [0.15, 0.2) is 97.1 Å². The topological polar surface area (TPSA) is 121 Å². The molecule has 2 unspecified atom stereocenters. The summed E-state index contributed by atoms with van der Waals surface area (Å²) in [5.74, 6) is 0.151. The molecule has 4 aromatic carbocycles. The predicted octanol–water partition coefficient (Wildman–Crippen LogP) is 3.57. The van der Waals surface area contributed by atoms with Crippen molar-refractivity contribution in [2.45, 2.75) is 0 Å². The number of hydrogen-bond donors (Lipinski definition) is 2. The monoisotopic (exact) mass is 523 g/mol. The summed E-state index contributed by atoms with van der Waals surface area (Å²) < 4.78 is 22.1. The summed E-state index contributed by atoms with van der Waals surface area (Å²) in [6, 6.07) is 26.5. The van der Waals surface area contributed by atoms with Crippen molar-refractivity contribution in [3.8, 4) is 33.8 Å². The van der Waals surface area contributed by atoms with Crippen molar-refractivity contribution < 1.29 is 45.9 Å². The van der Waals surface area contributed by atoms with Gasteiger partial charge < -0.3 is 20.0 Å². The van der Waals surface area contributed by atoms with E-state index in [1.807, 2.05) is 0 Å². The standard InChI is InChI=1S/2C12H9O3P.Co/c2*13-11-7-3-1-5-9(11)10-6-2-4-8-12(10)16(14)15;/h2*1-8,13H;/q;;+2. The molecule has 0 saturated carbocycles. The molecule has 0 aromatic heterocycles. The molecule has 0 aliphatic rings. The van der Waals surface area contributed by atoms with E-state index in [0.717, 1.165) is 0 Å². The second kappa shape index (κ2) is 12.4. The molecule has 4 rings (SSSR count). The third-order valence-electron chi connectivity index (χ3n) is 4.59. The van der Waals surface area contributed by atoms with Crippen LogP contribution in [0.5, 0.6) is 11.5 Å². The molecule has 167 valence electrons. The quantitative estimate of drug-likeness (QED) is 0.395. The molecule has 0 bridgehead atoms. The van der Waals surface area contributed by atoms with Gasteiger partial charge >= 0.3 is 32.8 Å². The Bertz CT molecular complexity index is 1180. The van der Waals surface area contributed by atoms with E-state index in [2.05, 4.69) is 0 Å². The Morgan fingerprint density at radius 3 is 1.06 bits per heavy atom. The summed E-state index contributed by atoms with van der Waals surface area (Å²) in [4.78, 5) is 22.1. The predicted molar refractivity (Wildman–Crippen MR) is 122 cm³/mol. The van der Waals surface area contributed by atoms with Crippen molar-refractivity contribution in [3.63, 3.8) is 0 Å². The molecule has 0 saturated heterocycles. The summed E-state index contributed by atoms with van der Waals surface area (Å²) in [7, 11) is -5.33. The minimum absolute atomic E-state index is 0. The first kappa shape index (κ1) is 26.4. The van der Waals surface area contributed by atoms with Crippen LogP contribution in [0.1, 0.15) is 0 Å². The van der Waals surface area contributed by atoms with E-state index in [1.165, 1.54) is 24.3 Å². The van der Waals surface area contributed by atoms with Crippen LogP contribution in [-0.2, 0) is 25.9 Å². The van der Waals surface area contributed by atoms with Crippen LogP contribution >= 0.6 is 16.1 Å². The molecule has 0 aliphatic heterocycles. The van der Waals surface area contributed by atoms with Crippen molar-refractivity contribution >= 4 is 26.7 Å². The molecule has 4 aromatic rings. The summed E-state index contributed by atoms with van der Waals surface area (Å²) >= 11 is 0. The van der Waals surface area contributed by atoms with Crippen LogP contribution in [-0.4, -0.2) is 10.2 Å². The van der Waals surface area contributed by atoms with E-state index in [4.69, 9.17) is 0 Å². The Kier molecular flexibility index (Phi) is 9.88. The maximum absolute atomic E-state index is 11.1. The van der Waals surface area contributed by atoms with Crippen molar-refractivity contribution in [1.82, 2.24) is 0 Å². The molecule has 0 amide bonds. The number of benzene rings is 4. The van der Waals surface area contributed by atoms with Gasteiger partial charge in [0.1, 0.15) is 11.5 Å². The molecule has 9 heteroatoms. The Labute approximate surface area is 203 Å². The van der Waals surface area contributed by atoms with Crippen molar-refractivity contribution in [1.29, 1.82) is 0 Å². The van der Waals surface area contributed by atoms with Gasteiger partial charge in [0.15, 0.2) is 10.6 Å². The van der Waals surface area contributed by atoms with E-state index in [9.17, 15) is 29.1 Å². The number of aromatic hydroxyl groups is 2. The number of hydrogen-bond acceptors (Lipinski definition) is 6. The summed E-state index contributed by atoms with van der Waals surface area (Å²) in [5.41, 5.74) is 2.10. The Morgan fingerprint density at radius 1 is 0.485 bits per heavy atom. The van der Waals surface area contributed by atoms with Crippen molar-refractivity contribution in [2.75, 3.05) is 0 Å². The second-order valence-corrected chi connectivity index (χ2v) is 8.57. The minimum atomic E-state index is -2.66. The molecule has 0 heterocycles. The SMILES string of the molecule is O=[P+]([O-])c1ccccc1-c1ccccc1O.O=[P+]([O-])c1ccccc1-c1ccccc1O.[Co+2]. The van der Waals surface area contributed by atoms with Gasteiger partial charge in [0.05, 0.1) is 0 Å². The molecule has 0 fully saturated rings. The largest absolute Gasteiger partial charge is 2.00 e. The van der Waals surface area contributed by atoms with E-state index in [1.54, 1.807) is 72.8 Å². The maximum Gasteiger partial charge on any atom is 2.00 e. The molecule has 0 aliphatic carbocycles. The molecule has 6 nitrogen and oxygen atoms in total. The van der Waals surface area contributed by atoms with E-state index < -0.39 is 16.1 Å². The van der Waals surface area contributed by atoms with Crippen molar-refractivity contribution in [3.05, 3.63) is 97.1 Å². The van der Waals surface area contributed by atoms with Gasteiger partial charge in [-0.15, -0.1) is 0 Å². The molecule has 2 atom stereocenters. The zero-order valence-electron chi connectivity index (χ0n) is 17.0. The van der Waals surface area contributed by atoms with Gasteiger partial charge in [-0.1, -0.05) is 69.8 Å². The molecular formula is C24H18CoO6P2+2. The molecule has 0 spiro atoms. The second-order valence-electron chi connectivity index (χ2n) is 6.58. The number of para-hydroxylation sites is 2. The van der Waals surface area contributed by atoms with Crippen LogP contribution < -0.4 is 20.4 Å². The third kappa shape index (κ3) is 6.56. The average molecular weight is 523 g/mol.